The molecule has 2 aromatic carbocycles. The first-order chi connectivity index (χ1) is 9.54. The first-order valence-corrected chi connectivity index (χ1v) is 7.55. The van der Waals surface area contributed by atoms with Crippen LogP contribution in [0.2, 0.25) is 0 Å². The van der Waals surface area contributed by atoms with Crippen LogP contribution in [0.4, 0.5) is 5.69 Å². The Bertz CT molecular complexity index is 672. The minimum absolute atomic E-state index is 0.00869. The van der Waals surface area contributed by atoms with Crippen molar-refractivity contribution in [1.29, 1.82) is 0 Å². The van der Waals surface area contributed by atoms with E-state index in [9.17, 15) is 13.5 Å². The number of hydrogen-bond acceptors (Lipinski definition) is 4. The molecule has 0 heterocycles. The molecule has 0 bridgehead atoms. The summed E-state index contributed by atoms with van der Waals surface area (Å²) in [6, 6.07) is 14.4. The van der Waals surface area contributed by atoms with E-state index < -0.39 is 16.1 Å². The maximum atomic E-state index is 12.3. The van der Waals surface area contributed by atoms with E-state index in [1.54, 1.807) is 36.4 Å². The van der Waals surface area contributed by atoms with Crippen LogP contribution in [0.3, 0.4) is 0 Å². The molecule has 1 atom stereocenters. The number of para-hydroxylation sites is 1. The van der Waals surface area contributed by atoms with Crippen LogP contribution in [0.25, 0.3) is 0 Å². The number of aliphatic hydroxyl groups excluding tert-OH is 1. The monoisotopic (exact) mass is 292 g/mol. The van der Waals surface area contributed by atoms with Gasteiger partial charge in [0.1, 0.15) is 4.90 Å². The van der Waals surface area contributed by atoms with Gasteiger partial charge in [-0.15, -0.1) is 0 Å². The van der Waals surface area contributed by atoms with Crippen LogP contribution in [0.1, 0.15) is 11.6 Å². The van der Waals surface area contributed by atoms with Crippen LogP contribution < -0.4 is 10.5 Å². The Labute approximate surface area is 118 Å². The van der Waals surface area contributed by atoms with E-state index in [1.807, 2.05) is 6.07 Å². The molecule has 106 valence electrons. The number of sulfonamides is 1. The third-order valence-corrected chi connectivity index (χ3v) is 4.44. The summed E-state index contributed by atoms with van der Waals surface area (Å²) in [4.78, 5) is 0.00869. The van der Waals surface area contributed by atoms with Crippen molar-refractivity contribution in [2.75, 3.05) is 12.3 Å². The van der Waals surface area contributed by atoms with Gasteiger partial charge in [-0.05, 0) is 17.7 Å². The van der Waals surface area contributed by atoms with Crippen LogP contribution in [0.5, 0.6) is 0 Å². The van der Waals surface area contributed by atoms with E-state index in [0.717, 1.165) is 0 Å². The summed E-state index contributed by atoms with van der Waals surface area (Å²) in [5.74, 6) is 0. The number of hydrogen-bond donors (Lipinski definition) is 3. The largest absolute Gasteiger partial charge is 0.398 e. The van der Waals surface area contributed by atoms with Crippen molar-refractivity contribution in [2.45, 2.75) is 10.9 Å². The normalized spacial score (nSPS) is 13.1. The van der Waals surface area contributed by atoms with E-state index in [-0.39, 0.29) is 17.2 Å². The van der Waals surface area contributed by atoms with Gasteiger partial charge in [0, 0.05) is 0 Å². The van der Waals surface area contributed by atoms with Crippen molar-refractivity contribution in [3.8, 4) is 0 Å². The molecule has 2 rings (SSSR count). The average Bonchev–Trinajstić information content (AvgIpc) is 2.46. The molecule has 4 N–H and O–H groups in total. The van der Waals surface area contributed by atoms with Gasteiger partial charge in [-0.3, -0.25) is 0 Å². The highest BCUT2D eigenvalue weighted by Gasteiger charge is 2.22. The minimum Gasteiger partial charge on any atom is -0.398 e. The Balaban J connectivity index is 2.30. The fourth-order valence-electron chi connectivity index (χ4n) is 1.87. The molecule has 0 aliphatic carbocycles. The van der Waals surface area contributed by atoms with Crippen molar-refractivity contribution in [3.63, 3.8) is 0 Å². The van der Waals surface area contributed by atoms with Gasteiger partial charge in [0.2, 0.25) is 10.0 Å². The second kappa shape index (κ2) is 6.04. The molecule has 0 aliphatic rings. The van der Waals surface area contributed by atoms with Crippen LogP contribution in [-0.4, -0.2) is 20.1 Å². The van der Waals surface area contributed by atoms with E-state index in [0.29, 0.717) is 5.56 Å². The molecule has 0 aromatic heterocycles. The van der Waals surface area contributed by atoms with Gasteiger partial charge in [-0.1, -0.05) is 42.5 Å². The lowest BCUT2D eigenvalue weighted by Gasteiger charge is -2.17. The summed E-state index contributed by atoms with van der Waals surface area (Å²) >= 11 is 0. The molecule has 20 heavy (non-hydrogen) atoms. The van der Waals surface area contributed by atoms with E-state index in [1.165, 1.54) is 12.1 Å². The maximum Gasteiger partial charge on any atom is 0.243 e. The third-order valence-electron chi connectivity index (χ3n) is 2.89. The quantitative estimate of drug-likeness (QED) is 0.724. The smallest absolute Gasteiger partial charge is 0.243 e. The molecule has 6 heteroatoms. The highest BCUT2D eigenvalue weighted by molar-refractivity contribution is 7.89. The van der Waals surface area contributed by atoms with Gasteiger partial charge >= 0.3 is 0 Å². The molecule has 0 spiro atoms. The van der Waals surface area contributed by atoms with E-state index in [2.05, 4.69) is 4.72 Å². The van der Waals surface area contributed by atoms with Crippen molar-refractivity contribution in [2.24, 2.45) is 0 Å². The van der Waals surface area contributed by atoms with Gasteiger partial charge in [0.05, 0.1) is 18.3 Å². The molecular weight excluding hydrogens is 276 g/mol. The first-order valence-electron chi connectivity index (χ1n) is 6.07. The average molecular weight is 292 g/mol. The van der Waals surface area contributed by atoms with Crippen molar-refractivity contribution in [1.82, 2.24) is 4.72 Å². The van der Waals surface area contributed by atoms with Gasteiger partial charge in [0.25, 0.3) is 0 Å². The first kappa shape index (κ1) is 14.5. The number of aliphatic hydroxyl groups is 1. The molecule has 2 aromatic rings. The van der Waals surface area contributed by atoms with Crippen LogP contribution in [0, 0.1) is 0 Å². The zero-order valence-electron chi connectivity index (χ0n) is 10.7. The Kier molecular flexibility index (Phi) is 4.39. The zero-order valence-corrected chi connectivity index (χ0v) is 11.5. The summed E-state index contributed by atoms with van der Waals surface area (Å²) < 4.78 is 27.0. The zero-order chi connectivity index (χ0) is 14.6. The molecular formula is C14H16N2O3S. The number of nitrogen functional groups attached to an aromatic ring is 1. The fraction of sp³-hybridized carbons (Fsp3) is 0.143. The molecule has 0 saturated carbocycles. The second-order valence-electron chi connectivity index (χ2n) is 4.30. The van der Waals surface area contributed by atoms with Crippen molar-refractivity contribution < 1.29 is 13.5 Å². The van der Waals surface area contributed by atoms with Gasteiger partial charge in [-0.2, -0.15) is 0 Å². The highest BCUT2D eigenvalue weighted by atomic mass is 32.2. The van der Waals surface area contributed by atoms with E-state index in [4.69, 9.17) is 5.73 Å². The summed E-state index contributed by atoms with van der Waals surface area (Å²) in [5, 5.41) is 9.40. The molecule has 1 unspecified atom stereocenters. The lowest BCUT2D eigenvalue weighted by Crippen LogP contribution is -2.31. The Hall–Kier alpha value is -1.89. The predicted octanol–water partition coefficient (Wildman–Crippen LogP) is 1.28. The Morgan fingerprint density at radius 3 is 2.25 bits per heavy atom. The van der Waals surface area contributed by atoms with Crippen molar-refractivity contribution in [3.05, 3.63) is 60.2 Å². The highest BCUT2D eigenvalue weighted by Crippen LogP contribution is 2.20. The second-order valence-corrected chi connectivity index (χ2v) is 5.99. The van der Waals surface area contributed by atoms with E-state index >= 15 is 0 Å². The molecule has 0 fully saturated rings. The van der Waals surface area contributed by atoms with Crippen LogP contribution in [-0.2, 0) is 10.0 Å². The number of nitrogens with two attached hydrogens (primary N) is 1. The topological polar surface area (TPSA) is 92.4 Å². The lowest BCUT2D eigenvalue weighted by molar-refractivity contribution is 0.259. The maximum absolute atomic E-state index is 12.3. The predicted molar refractivity (Wildman–Crippen MR) is 77.4 cm³/mol. The third kappa shape index (κ3) is 3.16. The standard InChI is InChI=1S/C14H16N2O3S/c15-12-8-4-5-9-14(12)20(18,19)16-13(10-17)11-6-2-1-3-7-11/h1-9,13,16-17H,10,15H2. The van der Waals surface area contributed by atoms with Gasteiger partial charge in [-0.25, -0.2) is 13.1 Å². The van der Waals surface area contributed by atoms with Crippen LogP contribution in [0.15, 0.2) is 59.5 Å². The van der Waals surface area contributed by atoms with Gasteiger partial charge < -0.3 is 10.8 Å². The molecule has 0 aliphatic heterocycles. The number of rotatable bonds is 5. The molecule has 0 amide bonds. The Morgan fingerprint density at radius 2 is 1.65 bits per heavy atom. The van der Waals surface area contributed by atoms with Gasteiger partial charge in [0.15, 0.2) is 0 Å². The SMILES string of the molecule is Nc1ccccc1S(=O)(=O)NC(CO)c1ccccc1. The number of nitrogens with one attached hydrogen (secondary N) is 1. The fourth-order valence-corrected chi connectivity index (χ4v) is 3.22. The molecule has 0 saturated heterocycles. The van der Waals surface area contributed by atoms with Crippen molar-refractivity contribution >= 4 is 15.7 Å². The summed E-state index contributed by atoms with van der Waals surface area (Å²) in [7, 11) is -3.79. The summed E-state index contributed by atoms with van der Waals surface area (Å²) in [5.41, 5.74) is 6.54. The minimum atomic E-state index is -3.79. The summed E-state index contributed by atoms with van der Waals surface area (Å²) in [6.45, 7) is -0.337. The number of benzene rings is 2. The molecule has 0 radical (unpaired) electrons. The molecule has 5 nitrogen and oxygen atoms in total. The van der Waals surface area contributed by atoms with Crippen LogP contribution >= 0.6 is 0 Å². The number of anilines is 1. The Morgan fingerprint density at radius 1 is 1.05 bits per heavy atom. The summed E-state index contributed by atoms with van der Waals surface area (Å²) in [6.07, 6.45) is 0. The lowest BCUT2D eigenvalue weighted by atomic mass is 10.1.